The molecule has 0 aromatic heterocycles. The van der Waals surface area contributed by atoms with Gasteiger partial charge in [-0.15, -0.1) is 0 Å². The smallest absolute Gasteiger partial charge is 0.0347 e. The summed E-state index contributed by atoms with van der Waals surface area (Å²) in [7, 11) is 0. The van der Waals surface area contributed by atoms with Crippen LogP contribution in [0.4, 0.5) is 0 Å². The van der Waals surface area contributed by atoms with Gasteiger partial charge in [0.15, 0.2) is 0 Å². The lowest BCUT2D eigenvalue weighted by molar-refractivity contribution is 0.700. The van der Waals surface area contributed by atoms with Crippen molar-refractivity contribution in [1.29, 1.82) is 0 Å². The Morgan fingerprint density at radius 3 is 2.82 bits per heavy atom. The van der Waals surface area contributed by atoms with E-state index in [0.717, 1.165) is 0 Å². The predicted molar refractivity (Wildman–Crippen MR) is 52.9 cm³/mol. The van der Waals surface area contributed by atoms with Crippen LogP contribution >= 0.6 is 11.8 Å². The predicted octanol–water partition coefficient (Wildman–Crippen LogP) is 2.18. The van der Waals surface area contributed by atoms with E-state index < -0.39 is 0 Å². The molecule has 1 fully saturated rings. The summed E-state index contributed by atoms with van der Waals surface area (Å²) < 4.78 is 0. The van der Waals surface area contributed by atoms with Gasteiger partial charge in [0, 0.05) is 11.3 Å². The second-order valence-electron chi connectivity index (χ2n) is 3.37. The standard InChI is InChI=1S/C9H17NS/c1-7(2)6-8(10)9-4-3-5-11-9/h6,8-9H,3-5,10H2,1-2H3. The van der Waals surface area contributed by atoms with Gasteiger partial charge in [0.1, 0.15) is 0 Å². The largest absolute Gasteiger partial charge is 0.324 e. The van der Waals surface area contributed by atoms with Crippen molar-refractivity contribution < 1.29 is 0 Å². The maximum atomic E-state index is 5.98. The first-order valence-corrected chi connectivity index (χ1v) is 5.27. The van der Waals surface area contributed by atoms with Crippen molar-refractivity contribution >= 4 is 11.8 Å². The molecule has 2 heteroatoms. The number of thioether (sulfide) groups is 1. The van der Waals surface area contributed by atoms with E-state index >= 15 is 0 Å². The van der Waals surface area contributed by atoms with Gasteiger partial charge < -0.3 is 5.73 Å². The monoisotopic (exact) mass is 171 g/mol. The van der Waals surface area contributed by atoms with Gasteiger partial charge in [0.05, 0.1) is 0 Å². The molecule has 2 unspecified atom stereocenters. The molecule has 1 nitrogen and oxygen atoms in total. The average molecular weight is 171 g/mol. The summed E-state index contributed by atoms with van der Waals surface area (Å²) >= 11 is 2.02. The zero-order valence-corrected chi connectivity index (χ0v) is 8.16. The van der Waals surface area contributed by atoms with Gasteiger partial charge in [-0.25, -0.2) is 0 Å². The molecule has 0 aromatic rings. The molecule has 0 radical (unpaired) electrons. The van der Waals surface area contributed by atoms with Crippen molar-refractivity contribution in [2.24, 2.45) is 5.73 Å². The Morgan fingerprint density at radius 1 is 1.64 bits per heavy atom. The maximum Gasteiger partial charge on any atom is 0.0347 e. The summed E-state index contributed by atoms with van der Waals surface area (Å²) in [5.41, 5.74) is 7.32. The summed E-state index contributed by atoms with van der Waals surface area (Å²) in [5, 5.41) is 0.685. The normalized spacial score (nSPS) is 26.6. The van der Waals surface area contributed by atoms with Crippen LogP contribution in [0.5, 0.6) is 0 Å². The minimum Gasteiger partial charge on any atom is -0.324 e. The molecule has 1 aliphatic heterocycles. The topological polar surface area (TPSA) is 26.0 Å². The second-order valence-corrected chi connectivity index (χ2v) is 4.72. The van der Waals surface area contributed by atoms with Crippen molar-refractivity contribution in [3.8, 4) is 0 Å². The van der Waals surface area contributed by atoms with Crippen LogP contribution in [0.2, 0.25) is 0 Å². The molecular weight excluding hydrogens is 154 g/mol. The molecule has 0 bridgehead atoms. The van der Waals surface area contributed by atoms with E-state index in [0.29, 0.717) is 5.25 Å². The molecule has 0 aliphatic carbocycles. The van der Waals surface area contributed by atoms with Crippen LogP contribution in [0, 0.1) is 0 Å². The molecule has 1 saturated heterocycles. The van der Waals surface area contributed by atoms with Crippen molar-refractivity contribution in [1.82, 2.24) is 0 Å². The van der Waals surface area contributed by atoms with Crippen LogP contribution in [0.1, 0.15) is 26.7 Å². The Morgan fingerprint density at radius 2 is 2.36 bits per heavy atom. The van der Waals surface area contributed by atoms with Crippen molar-refractivity contribution in [3.05, 3.63) is 11.6 Å². The van der Waals surface area contributed by atoms with E-state index in [9.17, 15) is 0 Å². The molecule has 2 N–H and O–H groups in total. The van der Waals surface area contributed by atoms with Gasteiger partial charge >= 0.3 is 0 Å². The zero-order chi connectivity index (χ0) is 8.27. The second kappa shape index (κ2) is 4.17. The van der Waals surface area contributed by atoms with Crippen LogP contribution < -0.4 is 5.73 Å². The van der Waals surface area contributed by atoms with Crippen LogP contribution in [0.25, 0.3) is 0 Å². The highest BCUT2D eigenvalue weighted by molar-refractivity contribution is 8.00. The summed E-state index contributed by atoms with van der Waals surface area (Å²) in [6.45, 7) is 4.22. The van der Waals surface area contributed by atoms with Crippen molar-refractivity contribution in [2.45, 2.75) is 38.0 Å². The molecule has 2 atom stereocenters. The highest BCUT2D eigenvalue weighted by atomic mass is 32.2. The lowest BCUT2D eigenvalue weighted by Crippen LogP contribution is -2.28. The average Bonchev–Trinajstić information content (AvgIpc) is 2.35. The van der Waals surface area contributed by atoms with Crippen LogP contribution in [-0.4, -0.2) is 17.0 Å². The zero-order valence-electron chi connectivity index (χ0n) is 7.34. The fourth-order valence-electron chi connectivity index (χ4n) is 1.40. The molecular formula is C9H17NS. The first-order chi connectivity index (χ1) is 5.20. The quantitative estimate of drug-likeness (QED) is 0.644. The fourth-order valence-corrected chi connectivity index (χ4v) is 2.67. The summed E-state index contributed by atoms with van der Waals surface area (Å²) in [6, 6.07) is 0.285. The molecule has 11 heavy (non-hydrogen) atoms. The Balaban J connectivity index is 2.40. The third kappa shape index (κ3) is 2.88. The lowest BCUT2D eigenvalue weighted by Gasteiger charge is -2.14. The number of hydrogen-bond acceptors (Lipinski definition) is 2. The number of hydrogen-bond donors (Lipinski definition) is 1. The molecule has 64 valence electrons. The minimum absolute atomic E-state index is 0.285. The van der Waals surface area contributed by atoms with Crippen LogP contribution in [0.15, 0.2) is 11.6 Å². The van der Waals surface area contributed by atoms with Gasteiger partial charge in [-0.05, 0) is 32.4 Å². The summed E-state index contributed by atoms with van der Waals surface area (Å²) in [4.78, 5) is 0. The Hall–Kier alpha value is 0.0500. The number of allylic oxidation sites excluding steroid dienone is 1. The Labute approximate surface area is 73.4 Å². The number of nitrogens with two attached hydrogens (primary N) is 1. The third-order valence-electron chi connectivity index (χ3n) is 1.92. The summed E-state index contributed by atoms with van der Waals surface area (Å²) in [6.07, 6.45) is 4.83. The van der Waals surface area contributed by atoms with Crippen molar-refractivity contribution in [3.63, 3.8) is 0 Å². The van der Waals surface area contributed by atoms with Gasteiger partial charge in [-0.1, -0.05) is 11.6 Å². The van der Waals surface area contributed by atoms with E-state index in [1.807, 2.05) is 11.8 Å². The molecule has 0 aromatic carbocycles. The van der Waals surface area contributed by atoms with Crippen LogP contribution in [-0.2, 0) is 0 Å². The van der Waals surface area contributed by atoms with Gasteiger partial charge in [0.25, 0.3) is 0 Å². The first-order valence-electron chi connectivity index (χ1n) is 4.22. The molecule has 0 amide bonds. The molecule has 0 spiro atoms. The molecule has 1 aliphatic rings. The van der Waals surface area contributed by atoms with Crippen molar-refractivity contribution in [2.75, 3.05) is 5.75 Å². The van der Waals surface area contributed by atoms with Gasteiger partial charge in [0.2, 0.25) is 0 Å². The van der Waals surface area contributed by atoms with E-state index in [1.165, 1.54) is 24.2 Å². The Kier molecular flexibility index (Phi) is 3.46. The summed E-state index contributed by atoms with van der Waals surface area (Å²) in [5.74, 6) is 1.30. The van der Waals surface area contributed by atoms with E-state index in [-0.39, 0.29) is 6.04 Å². The van der Waals surface area contributed by atoms with E-state index in [1.54, 1.807) is 0 Å². The first kappa shape index (κ1) is 9.14. The number of rotatable bonds is 2. The maximum absolute atomic E-state index is 5.98. The third-order valence-corrected chi connectivity index (χ3v) is 3.42. The lowest BCUT2D eigenvalue weighted by atomic mass is 10.1. The van der Waals surface area contributed by atoms with Gasteiger partial charge in [-0.2, -0.15) is 11.8 Å². The molecule has 1 heterocycles. The molecule has 1 rings (SSSR count). The Bertz CT molecular complexity index is 144. The minimum atomic E-state index is 0.285. The highest BCUT2D eigenvalue weighted by Gasteiger charge is 2.20. The fraction of sp³-hybridized carbons (Fsp3) is 0.778. The van der Waals surface area contributed by atoms with E-state index in [2.05, 4.69) is 19.9 Å². The van der Waals surface area contributed by atoms with E-state index in [4.69, 9.17) is 5.73 Å². The SMILES string of the molecule is CC(C)=CC(N)C1CCCS1. The van der Waals surface area contributed by atoms with Gasteiger partial charge in [-0.3, -0.25) is 0 Å². The molecule has 0 saturated carbocycles. The highest BCUT2D eigenvalue weighted by Crippen LogP contribution is 2.28. The van der Waals surface area contributed by atoms with Crippen LogP contribution in [0.3, 0.4) is 0 Å².